The minimum atomic E-state index is -0.505. The first-order chi connectivity index (χ1) is 8.41. The second-order valence-electron chi connectivity index (χ2n) is 4.49. The van der Waals surface area contributed by atoms with E-state index in [0.29, 0.717) is 13.1 Å². The summed E-state index contributed by atoms with van der Waals surface area (Å²) in [6.45, 7) is 4.77. The Morgan fingerprint density at radius 2 is 2.17 bits per heavy atom. The van der Waals surface area contributed by atoms with E-state index in [1.54, 1.807) is 6.07 Å². The van der Waals surface area contributed by atoms with E-state index >= 15 is 0 Å². The van der Waals surface area contributed by atoms with Crippen LogP contribution in [0.25, 0.3) is 0 Å². The molecule has 0 bridgehead atoms. The minimum absolute atomic E-state index is 0.0969. The molecule has 0 aliphatic carbocycles. The first kappa shape index (κ1) is 14.9. The van der Waals surface area contributed by atoms with Crippen LogP contribution in [0.5, 0.6) is 0 Å². The fraction of sp³-hybridized carbons (Fsp3) is 0.500. The summed E-state index contributed by atoms with van der Waals surface area (Å²) in [6, 6.07) is 4.68. The lowest BCUT2D eigenvalue weighted by Gasteiger charge is -2.15. The van der Waals surface area contributed by atoms with Gasteiger partial charge >= 0.3 is 0 Å². The van der Waals surface area contributed by atoms with Gasteiger partial charge in [0.25, 0.3) is 5.69 Å². The van der Waals surface area contributed by atoms with Crippen LogP contribution in [0.15, 0.2) is 18.2 Å². The first-order valence-corrected chi connectivity index (χ1v) is 6.11. The number of rotatable bonds is 6. The number of nitrogens with zero attached hydrogens (tertiary/aromatic N) is 1. The van der Waals surface area contributed by atoms with Crippen molar-refractivity contribution in [3.63, 3.8) is 0 Å². The Balaban J connectivity index is 2.58. The molecule has 0 saturated heterocycles. The molecule has 1 rings (SSSR count). The van der Waals surface area contributed by atoms with Gasteiger partial charge in [0.15, 0.2) is 0 Å². The molecule has 0 aliphatic rings. The topological polar surface area (TPSA) is 75.4 Å². The smallest absolute Gasteiger partial charge is 0.288 e. The van der Waals surface area contributed by atoms with Gasteiger partial charge in [-0.25, -0.2) is 0 Å². The van der Waals surface area contributed by atoms with Gasteiger partial charge in [0.2, 0.25) is 0 Å². The summed E-state index contributed by atoms with van der Waals surface area (Å²) in [5.41, 5.74) is 0.669. The highest BCUT2D eigenvalue weighted by Crippen LogP contribution is 2.24. The molecule has 0 amide bonds. The van der Waals surface area contributed by atoms with Gasteiger partial charge in [-0.1, -0.05) is 31.5 Å². The molecule has 0 heterocycles. The van der Waals surface area contributed by atoms with E-state index < -0.39 is 11.0 Å². The van der Waals surface area contributed by atoms with E-state index in [9.17, 15) is 15.2 Å². The van der Waals surface area contributed by atoms with Gasteiger partial charge in [-0.15, -0.1) is 0 Å². The van der Waals surface area contributed by atoms with E-state index in [2.05, 4.69) is 5.32 Å². The summed E-state index contributed by atoms with van der Waals surface area (Å²) in [6.07, 6.45) is -0.424. The maximum absolute atomic E-state index is 10.7. The summed E-state index contributed by atoms with van der Waals surface area (Å²) < 4.78 is 0. The molecule has 0 radical (unpaired) electrons. The van der Waals surface area contributed by atoms with E-state index in [-0.39, 0.29) is 16.6 Å². The zero-order chi connectivity index (χ0) is 13.7. The summed E-state index contributed by atoms with van der Waals surface area (Å²) in [5.74, 6) is 0.178. The predicted octanol–water partition coefficient (Wildman–Crippen LogP) is 2.35. The monoisotopic (exact) mass is 272 g/mol. The molecule has 0 fully saturated rings. The molecule has 1 aromatic rings. The van der Waals surface area contributed by atoms with Crippen molar-refractivity contribution in [2.24, 2.45) is 5.92 Å². The molecule has 2 N–H and O–H groups in total. The van der Waals surface area contributed by atoms with Crippen molar-refractivity contribution in [3.05, 3.63) is 38.9 Å². The van der Waals surface area contributed by atoms with Gasteiger partial charge in [0.1, 0.15) is 5.02 Å². The Kier molecular flexibility index (Phi) is 5.53. The van der Waals surface area contributed by atoms with E-state index in [1.165, 1.54) is 12.1 Å². The Labute approximate surface area is 111 Å². The van der Waals surface area contributed by atoms with Crippen LogP contribution in [0.4, 0.5) is 5.69 Å². The van der Waals surface area contributed by atoms with Crippen molar-refractivity contribution in [1.82, 2.24) is 5.32 Å². The second-order valence-corrected chi connectivity index (χ2v) is 4.89. The Morgan fingerprint density at radius 1 is 1.50 bits per heavy atom. The van der Waals surface area contributed by atoms with E-state index in [0.717, 1.165) is 5.56 Å². The molecule has 5 nitrogen and oxygen atoms in total. The highest BCUT2D eigenvalue weighted by atomic mass is 35.5. The molecule has 1 unspecified atom stereocenters. The van der Waals surface area contributed by atoms with Crippen LogP contribution >= 0.6 is 11.6 Å². The fourth-order valence-corrected chi connectivity index (χ4v) is 1.59. The van der Waals surface area contributed by atoms with Crippen molar-refractivity contribution in [2.75, 3.05) is 6.54 Å². The van der Waals surface area contributed by atoms with E-state index in [4.69, 9.17) is 11.6 Å². The standard InChI is InChI=1S/C12H17ClN2O3/c1-8(2)12(16)7-14-6-9-3-4-10(13)11(5-9)15(17)18/h3-5,8,12,14,16H,6-7H2,1-2H3. The lowest BCUT2D eigenvalue weighted by molar-refractivity contribution is -0.384. The maximum atomic E-state index is 10.7. The lowest BCUT2D eigenvalue weighted by atomic mass is 10.1. The molecular formula is C12H17ClN2O3. The molecule has 1 atom stereocenters. The second kappa shape index (κ2) is 6.68. The van der Waals surface area contributed by atoms with Crippen molar-refractivity contribution in [3.8, 4) is 0 Å². The van der Waals surface area contributed by atoms with Gasteiger partial charge in [-0.3, -0.25) is 10.1 Å². The number of hydrogen-bond acceptors (Lipinski definition) is 4. The van der Waals surface area contributed by atoms with Gasteiger partial charge in [0, 0.05) is 19.2 Å². The molecule has 100 valence electrons. The number of nitrogens with one attached hydrogen (secondary N) is 1. The van der Waals surface area contributed by atoms with Crippen molar-refractivity contribution in [1.29, 1.82) is 0 Å². The molecule has 0 saturated carbocycles. The maximum Gasteiger partial charge on any atom is 0.288 e. The zero-order valence-electron chi connectivity index (χ0n) is 10.4. The zero-order valence-corrected chi connectivity index (χ0v) is 11.1. The summed E-state index contributed by atoms with van der Waals surface area (Å²) in [7, 11) is 0. The molecule has 18 heavy (non-hydrogen) atoms. The normalized spacial score (nSPS) is 12.7. The Hall–Kier alpha value is -1.17. The van der Waals surface area contributed by atoms with Gasteiger partial charge in [-0.05, 0) is 17.5 Å². The van der Waals surface area contributed by atoms with Crippen LogP contribution in [0, 0.1) is 16.0 Å². The molecule has 1 aromatic carbocycles. The quantitative estimate of drug-likeness (QED) is 0.616. The average Bonchev–Trinajstić information content (AvgIpc) is 2.30. The largest absolute Gasteiger partial charge is 0.392 e. The number of benzene rings is 1. The van der Waals surface area contributed by atoms with Crippen molar-refractivity contribution in [2.45, 2.75) is 26.5 Å². The lowest BCUT2D eigenvalue weighted by Crippen LogP contribution is -2.30. The van der Waals surface area contributed by atoms with Crippen LogP contribution in [-0.4, -0.2) is 22.7 Å². The van der Waals surface area contributed by atoms with Gasteiger partial charge in [-0.2, -0.15) is 0 Å². The number of hydrogen-bond donors (Lipinski definition) is 2. The number of halogens is 1. The SMILES string of the molecule is CC(C)C(O)CNCc1ccc(Cl)c([N+](=O)[O-])c1. The van der Waals surface area contributed by atoms with E-state index in [1.807, 2.05) is 13.8 Å². The summed E-state index contributed by atoms with van der Waals surface area (Å²) in [4.78, 5) is 10.2. The average molecular weight is 273 g/mol. The highest BCUT2D eigenvalue weighted by Gasteiger charge is 2.13. The first-order valence-electron chi connectivity index (χ1n) is 5.73. The van der Waals surface area contributed by atoms with Crippen LogP contribution < -0.4 is 5.32 Å². The Morgan fingerprint density at radius 3 is 2.72 bits per heavy atom. The van der Waals surface area contributed by atoms with Gasteiger partial charge < -0.3 is 10.4 Å². The van der Waals surface area contributed by atoms with Crippen LogP contribution in [0.3, 0.4) is 0 Å². The number of aliphatic hydroxyl groups is 1. The summed E-state index contributed by atoms with van der Waals surface area (Å²) in [5, 5.41) is 23.5. The third-order valence-corrected chi connectivity index (χ3v) is 2.98. The molecule has 6 heteroatoms. The minimum Gasteiger partial charge on any atom is -0.392 e. The summed E-state index contributed by atoms with van der Waals surface area (Å²) >= 11 is 5.72. The van der Waals surface area contributed by atoms with Crippen molar-refractivity contribution >= 4 is 17.3 Å². The van der Waals surface area contributed by atoms with Crippen LogP contribution in [-0.2, 0) is 6.54 Å². The fourth-order valence-electron chi connectivity index (χ4n) is 1.41. The predicted molar refractivity (Wildman–Crippen MR) is 70.7 cm³/mol. The van der Waals surface area contributed by atoms with Gasteiger partial charge in [0.05, 0.1) is 11.0 Å². The third-order valence-electron chi connectivity index (χ3n) is 2.66. The number of nitro benzene ring substituents is 1. The van der Waals surface area contributed by atoms with Crippen molar-refractivity contribution < 1.29 is 10.0 Å². The third kappa shape index (κ3) is 4.25. The van der Waals surface area contributed by atoms with Crippen LogP contribution in [0.1, 0.15) is 19.4 Å². The number of aliphatic hydroxyl groups excluding tert-OH is 1. The Bertz CT molecular complexity index is 424. The number of nitro groups is 1. The molecule has 0 aliphatic heterocycles. The molecule has 0 aromatic heterocycles. The molecular weight excluding hydrogens is 256 g/mol. The molecule has 0 spiro atoms. The highest BCUT2D eigenvalue weighted by molar-refractivity contribution is 6.32. The van der Waals surface area contributed by atoms with Crippen LogP contribution in [0.2, 0.25) is 5.02 Å².